The topological polar surface area (TPSA) is 167 Å². The number of nitrogens with one attached hydrogen (secondary N) is 6. The predicted molar refractivity (Wildman–Crippen MR) is 400 cm³/mol. The molecule has 14 nitrogen and oxygen atoms in total. The van der Waals surface area contributed by atoms with Gasteiger partial charge in [0, 0.05) is 137 Å². The van der Waals surface area contributed by atoms with E-state index in [9.17, 15) is 24.0 Å². The summed E-state index contributed by atoms with van der Waals surface area (Å²) in [4.78, 5) is 73.2. The first kappa shape index (κ1) is 90.2. The van der Waals surface area contributed by atoms with Crippen LogP contribution in [0.15, 0.2) is 0 Å². The number of carbonyl (C=O) groups is 5. The third-order valence-electron chi connectivity index (χ3n) is 19.0. The zero-order chi connectivity index (χ0) is 67.7. The van der Waals surface area contributed by atoms with Gasteiger partial charge in [-0.25, -0.2) is 0 Å². The molecule has 0 fully saturated rings. The Kier molecular flexibility index (Phi) is 72.7. The first-order valence-electron chi connectivity index (χ1n) is 40.9. The van der Waals surface area contributed by atoms with Crippen LogP contribution in [-0.4, -0.2) is 149 Å². The lowest BCUT2D eigenvalue weighted by Crippen LogP contribution is -2.43. The molecule has 5 amide bonds. The van der Waals surface area contributed by atoms with Crippen molar-refractivity contribution in [3.63, 3.8) is 0 Å². The number of nitrogens with zero attached hydrogens (tertiary/aromatic N) is 3. The lowest BCUT2D eigenvalue weighted by Gasteiger charge is -2.28. The molecule has 0 aliphatic rings. The summed E-state index contributed by atoms with van der Waals surface area (Å²) in [6.45, 7) is 22.1. The SMILES string of the molecule is CCCCCCCCCCCCNC(=O)CCN(CCNCCN(CCC(=O)NCCCCCCCCCCCC)CCN(CCC(=O)NCCCCCCCCCC)CCC(=O)NCCCCCCCCCCCC)CCC(=O)NCCCCCCCCCCCC. The Morgan fingerprint density at radius 1 is 0.183 bits per heavy atom. The molecule has 0 aromatic heterocycles. The quantitative estimate of drug-likeness (QED) is 0.0325. The van der Waals surface area contributed by atoms with Gasteiger partial charge in [0.1, 0.15) is 0 Å². The fourth-order valence-electron chi connectivity index (χ4n) is 12.5. The second-order valence-corrected chi connectivity index (χ2v) is 28.0. The van der Waals surface area contributed by atoms with E-state index < -0.39 is 0 Å². The van der Waals surface area contributed by atoms with Gasteiger partial charge < -0.3 is 46.6 Å². The third-order valence-corrected chi connectivity index (χ3v) is 19.0. The van der Waals surface area contributed by atoms with Crippen molar-refractivity contribution in [2.75, 3.05) is 105 Å². The Bertz CT molecular complexity index is 1570. The lowest BCUT2D eigenvalue weighted by molar-refractivity contribution is -0.123. The Morgan fingerprint density at radius 3 is 0.516 bits per heavy atom. The summed E-state index contributed by atoms with van der Waals surface area (Å²) in [7, 11) is 0. The Labute approximate surface area is 577 Å². The van der Waals surface area contributed by atoms with Gasteiger partial charge in [0.2, 0.25) is 29.5 Å². The smallest absolute Gasteiger partial charge is 0.221 e. The van der Waals surface area contributed by atoms with E-state index in [1.807, 2.05) is 0 Å². The molecule has 0 aliphatic heterocycles. The van der Waals surface area contributed by atoms with Gasteiger partial charge in [0.05, 0.1) is 0 Å². The molecule has 0 atom stereocenters. The molecule has 0 rings (SSSR count). The molecule has 0 bridgehead atoms. The number of hydrogen-bond acceptors (Lipinski definition) is 9. The summed E-state index contributed by atoms with van der Waals surface area (Å²) in [6, 6.07) is 0. The monoisotopic (exact) mass is 1310 g/mol. The largest absolute Gasteiger partial charge is 0.356 e. The highest BCUT2D eigenvalue weighted by molar-refractivity contribution is 5.77. The molecular formula is C79H159N9O5. The molecule has 0 aromatic rings. The van der Waals surface area contributed by atoms with Crippen LogP contribution in [0, 0.1) is 0 Å². The number of amides is 5. The van der Waals surface area contributed by atoms with E-state index in [-0.39, 0.29) is 29.5 Å². The van der Waals surface area contributed by atoms with Gasteiger partial charge in [0.15, 0.2) is 0 Å². The maximum absolute atomic E-state index is 13.4. The van der Waals surface area contributed by atoms with Crippen molar-refractivity contribution in [1.82, 2.24) is 46.6 Å². The number of carbonyl (C=O) groups excluding carboxylic acids is 5. The highest BCUT2D eigenvalue weighted by Crippen LogP contribution is 2.15. The van der Waals surface area contributed by atoms with Gasteiger partial charge in [-0.2, -0.15) is 0 Å². The molecule has 0 aromatic carbocycles. The molecule has 0 unspecified atom stereocenters. The lowest BCUT2D eigenvalue weighted by atomic mass is 10.1. The molecule has 0 spiro atoms. The van der Waals surface area contributed by atoms with Crippen molar-refractivity contribution in [1.29, 1.82) is 0 Å². The van der Waals surface area contributed by atoms with E-state index in [4.69, 9.17) is 0 Å². The Morgan fingerprint density at radius 2 is 0.333 bits per heavy atom. The first-order chi connectivity index (χ1) is 45.7. The van der Waals surface area contributed by atoms with Crippen molar-refractivity contribution >= 4 is 29.5 Å². The standard InChI is InChI=1S/C79H159N9O5/c1-6-11-16-21-26-31-35-40-45-50-59-81-75(89)54-66-86(67-55-76(90)82-60-51-46-41-36-32-27-22-17-12-7-2)71-64-80-65-72-88(70-58-79(93)85-63-53-48-43-38-34-29-24-19-14-9-4)74-73-87(68-56-77(91)83-61-49-44-39-30-25-20-15-10-5)69-57-78(92)84-62-52-47-42-37-33-28-23-18-13-8-3/h80H,6-74H2,1-5H3,(H,81,89)(H,82,90)(H,83,91)(H,84,92)(H,85,93). The number of rotatable bonds is 77. The fraction of sp³-hybridized carbons (Fsp3) is 0.937. The van der Waals surface area contributed by atoms with Crippen LogP contribution in [0.2, 0.25) is 0 Å². The van der Waals surface area contributed by atoms with Gasteiger partial charge in [-0.3, -0.25) is 24.0 Å². The number of unbranched alkanes of at least 4 members (excludes halogenated alkanes) is 43. The maximum Gasteiger partial charge on any atom is 0.221 e. The minimum atomic E-state index is 0.0671. The van der Waals surface area contributed by atoms with Gasteiger partial charge in [-0.1, -0.05) is 311 Å². The zero-order valence-electron chi connectivity index (χ0n) is 62.7. The molecule has 14 heteroatoms. The van der Waals surface area contributed by atoms with Crippen LogP contribution in [0.25, 0.3) is 0 Å². The predicted octanol–water partition coefficient (Wildman–Crippen LogP) is 17.8. The minimum Gasteiger partial charge on any atom is -0.356 e. The first-order valence-corrected chi connectivity index (χ1v) is 40.9. The van der Waals surface area contributed by atoms with Crippen LogP contribution in [0.3, 0.4) is 0 Å². The third kappa shape index (κ3) is 70.3. The molecule has 0 saturated heterocycles. The summed E-state index contributed by atoms with van der Waals surface area (Å²) in [6.07, 6.45) is 62.5. The van der Waals surface area contributed by atoms with Crippen LogP contribution < -0.4 is 31.9 Å². The van der Waals surface area contributed by atoms with Crippen molar-refractivity contribution in [3.05, 3.63) is 0 Å². The molecule has 0 aliphatic carbocycles. The van der Waals surface area contributed by atoms with Crippen molar-refractivity contribution in [2.45, 2.75) is 375 Å². The van der Waals surface area contributed by atoms with Crippen molar-refractivity contribution in [2.24, 2.45) is 0 Å². The molecule has 6 N–H and O–H groups in total. The average Bonchev–Trinajstić information content (AvgIpc) is 3.70. The van der Waals surface area contributed by atoms with Crippen molar-refractivity contribution in [3.8, 4) is 0 Å². The van der Waals surface area contributed by atoms with Crippen LogP contribution in [0.1, 0.15) is 375 Å². The average molecular weight is 1320 g/mol. The fourth-order valence-corrected chi connectivity index (χ4v) is 12.5. The molecule has 550 valence electrons. The Hall–Kier alpha value is -2.81. The maximum atomic E-state index is 13.4. The van der Waals surface area contributed by atoms with Crippen LogP contribution in [0.4, 0.5) is 0 Å². The van der Waals surface area contributed by atoms with Crippen molar-refractivity contribution < 1.29 is 24.0 Å². The van der Waals surface area contributed by atoms with Crippen LogP contribution in [-0.2, 0) is 24.0 Å². The van der Waals surface area contributed by atoms with E-state index in [0.717, 1.165) is 96.9 Å². The van der Waals surface area contributed by atoms with Gasteiger partial charge in [-0.15, -0.1) is 0 Å². The van der Waals surface area contributed by atoms with Gasteiger partial charge in [0.25, 0.3) is 0 Å². The molecule has 0 radical (unpaired) electrons. The second kappa shape index (κ2) is 75.0. The van der Waals surface area contributed by atoms with E-state index in [1.165, 1.54) is 244 Å². The second-order valence-electron chi connectivity index (χ2n) is 28.0. The molecule has 93 heavy (non-hydrogen) atoms. The summed E-state index contributed by atoms with van der Waals surface area (Å²) >= 11 is 0. The van der Waals surface area contributed by atoms with Crippen LogP contribution >= 0.6 is 0 Å². The normalized spacial score (nSPS) is 11.6. The molecular weight excluding hydrogens is 1150 g/mol. The van der Waals surface area contributed by atoms with E-state index in [1.54, 1.807) is 0 Å². The summed E-state index contributed by atoms with van der Waals surface area (Å²) in [5, 5.41) is 19.7. The highest BCUT2D eigenvalue weighted by atomic mass is 16.2. The molecule has 0 heterocycles. The van der Waals surface area contributed by atoms with E-state index >= 15 is 0 Å². The van der Waals surface area contributed by atoms with E-state index in [0.29, 0.717) is 104 Å². The summed E-state index contributed by atoms with van der Waals surface area (Å²) in [5.74, 6) is 0.382. The summed E-state index contributed by atoms with van der Waals surface area (Å²) in [5.41, 5.74) is 0. The minimum absolute atomic E-state index is 0.0671. The molecule has 0 saturated carbocycles. The summed E-state index contributed by atoms with van der Waals surface area (Å²) < 4.78 is 0. The van der Waals surface area contributed by atoms with Gasteiger partial charge in [-0.05, 0) is 32.1 Å². The number of hydrogen-bond donors (Lipinski definition) is 6. The van der Waals surface area contributed by atoms with Gasteiger partial charge >= 0.3 is 0 Å². The van der Waals surface area contributed by atoms with Crippen LogP contribution in [0.5, 0.6) is 0 Å². The highest BCUT2D eigenvalue weighted by Gasteiger charge is 2.16. The Balaban J connectivity index is 5.81. The van der Waals surface area contributed by atoms with E-state index in [2.05, 4.69) is 81.2 Å². The zero-order valence-corrected chi connectivity index (χ0v) is 62.7.